The van der Waals surface area contributed by atoms with Gasteiger partial charge in [0.05, 0.1) is 0 Å². The van der Waals surface area contributed by atoms with E-state index in [1.54, 1.807) is 0 Å². The maximum absolute atomic E-state index is 9.04. The topological polar surface area (TPSA) is 93.4 Å². The van der Waals surface area contributed by atoms with Crippen LogP contribution in [0, 0.1) is 11.3 Å². The first-order valence-electron chi connectivity index (χ1n) is 5.56. The predicted molar refractivity (Wildman–Crippen MR) is 74.4 cm³/mol. The molecule has 19 heavy (non-hydrogen) atoms. The van der Waals surface area contributed by atoms with Gasteiger partial charge in [0.15, 0.2) is 10.3 Å². The second-order valence-electron chi connectivity index (χ2n) is 3.53. The van der Waals surface area contributed by atoms with E-state index in [0.29, 0.717) is 18.5 Å². The van der Waals surface area contributed by atoms with Crippen LogP contribution in [-0.4, -0.2) is 25.7 Å². The van der Waals surface area contributed by atoms with E-state index in [0.717, 1.165) is 21.7 Å². The molecule has 2 heterocycles. The number of hydrogen-bond donors (Lipinski definition) is 1. The third-order valence-corrected chi connectivity index (χ3v) is 4.76. The van der Waals surface area contributed by atoms with Crippen LogP contribution in [0.25, 0.3) is 0 Å². The molecule has 0 unspecified atom stereocenters. The van der Waals surface area contributed by atoms with Crippen LogP contribution in [0.2, 0.25) is 5.15 Å². The van der Waals surface area contributed by atoms with Gasteiger partial charge in [0.1, 0.15) is 21.7 Å². The summed E-state index contributed by atoms with van der Waals surface area (Å²) in [5, 5.41) is 18.3. The second-order valence-corrected chi connectivity index (χ2v) is 5.90. The minimum absolute atomic E-state index is 0.236. The summed E-state index contributed by atoms with van der Waals surface area (Å²) in [6.45, 7) is 3.29. The van der Waals surface area contributed by atoms with E-state index in [-0.39, 0.29) is 5.15 Å². The lowest BCUT2D eigenvalue weighted by atomic mass is 10.4. The molecule has 9 heteroatoms. The molecule has 0 aliphatic carbocycles. The van der Waals surface area contributed by atoms with E-state index in [2.05, 4.69) is 20.6 Å². The summed E-state index contributed by atoms with van der Waals surface area (Å²) in [7, 11) is 0. The highest BCUT2D eigenvalue weighted by molar-refractivity contribution is 8.01. The van der Waals surface area contributed by atoms with Crippen LogP contribution < -0.4 is 5.73 Å². The van der Waals surface area contributed by atoms with Gasteiger partial charge in [-0.1, -0.05) is 11.6 Å². The summed E-state index contributed by atoms with van der Waals surface area (Å²) in [5.74, 6) is 0.849. The molecule has 2 rings (SSSR count). The largest absolute Gasteiger partial charge is 0.330 e. The SMILES string of the molecule is CCn1c(CCN)nnc1Sc1snc(Cl)c1C#N. The van der Waals surface area contributed by atoms with Gasteiger partial charge in [-0.05, 0) is 36.8 Å². The van der Waals surface area contributed by atoms with Gasteiger partial charge in [-0.3, -0.25) is 0 Å². The molecule has 0 bridgehead atoms. The molecular formula is C10H11ClN6S2. The Morgan fingerprint density at radius 1 is 1.53 bits per heavy atom. The van der Waals surface area contributed by atoms with E-state index >= 15 is 0 Å². The van der Waals surface area contributed by atoms with Gasteiger partial charge >= 0.3 is 0 Å². The van der Waals surface area contributed by atoms with Crippen molar-refractivity contribution in [1.29, 1.82) is 5.26 Å². The lowest BCUT2D eigenvalue weighted by Crippen LogP contribution is -2.09. The highest BCUT2D eigenvalue weighted by atomic mass is 35.5. The number of aromatic nitrogens is 4. The van der Waals surface area contributed by atoms with Gasteiger partial charge < -0.3 is 10.3 Å². The Bertz CT molecular complexity index is 614. The molecular weight excluding hydrogens is 304 g/mol. The van der Waals surface area contributed by atoms with Crippen molar-refractivity contribution in [3.8, 4) is 6.07 Å². The van der Waals surface area contributed by atoms with Gasteiger partial charge in [-0.25, -0.2) is 0 Å². The normalized spacial score (nSPS) is 10.6. The van der Waals surface area contributed by atoms with Crippen molar-refractivity contribution in [3.63, 3.8) is 0 Å². The first-order valence-corrected chi connectivity index (χ1v) is 7.53. The maximum atomic E-state index is 9.04. The highest BCUT2D eigenvalue weighted by Crippen LogP contribution is 2.35. The molecule has 100 valence electrons. The van der Waals surface area contributed by atoms with Crippen LogP contribution in [0.4, 0.5) is 0 Å². The summed E-state index contributed by atoms with van der Waals surface area (Å²) >= 11 is 8.39. The number of halogens is 1. The zero-order chi connectivity index (χ0) is 13.8. The van der Waals surface area contributed by atoms with Crippen molar-refractivity contribution in [2.24, 2.45) is 5.73 Å². The third kappa shape index (κ3) is 2.90. The van der Waals surface area contributed by atoms with Crippen molar-refractivity contribution < 1.29 is 0 Å². The summed E-state index contributed by atoms with van der Waals surface area (Å²) in [6, 6.07) is 2.05. The minimum Gasteiger partial charge on any atom is -0.330 e. The molecule has 0 spiro atoms. The number of hydrogen-bond acceptors (Lipinski definition) is 7. The number of nitrogens with two attached hydrogens (primary N) is 1. The molecule has 0 saturated heterocycles. The predicted octanol–water partition coefficient (Wildman–Crippen LogP) is 1.93. The van der Waals surface area contributed by atoms with Gasteiger partial charge in [-0.15, -0.1) is 10.2 Å². The van der Waals surface area contributed by atoms with E-state index in [1.165, 1.54) is 23.3 Å². The molecule has 0 amide bonds. The third-order valence-electron chi connectivity index (χ3n) is 2.39. The molecule has 0 aliphatic rings. The van der Waals surface area contributed by atoms with Crippen LogP contribution in [0.5, 0.6) is 0 Å². The fourth-order valence-electron chi connectivity index (χ4n) is 1.53. The van der Waals surface area contributed by atoms with Crippen molar-refractivity contribution in [2.75, 3.05) is 6.54 Å². The average Bonchev–Trinajstić information content (AvgIpc) is 2.94. The molecule has 0 atom stereocenters. The smallest absolute Gasteiger partial charge is 0.196 e. The van der Waals surface area contributed by atoms with Crippen molar-refractivity contribution in [3.05, 3.63) is 16.5 Å². The van der Waals surface area contributed by atoms with Crippen LogP contribution in [-0.2, 0) is 13.0 Å². The van der Waals surface area contributed by atoms with Crippen LogP contribution in [0.3, 0.4) is 0 Å². The molecule has 0 aliphatic heterocycles. The Balaban J connectivity index is 2.31. The second kappa shape index (κ2) is 6.34. The van der Waals surface area contributed by atoms with Gasteiger partial charge in [0.25, 0.3) is 0 Å². The quantitative estimate of drug-likeness (QED) is 0.906. The van der Waals surface area contributed by atoms with E-state index in [9.17, 15) is 0 Å². The lowest BCUT2D eigenvalue weighted by molar-refractivity contribution is 0.640. The maximum Gasteiger partial charge on any atom is 0.196 e. The van der Waals surface area contributed by atoms with Gasteiger partial charge in [0.2, 0.25) is 0 Å². The molecule has 0 radical (unpaired) electrons. The first kappa shape index (κ1) is 14.3. The molecule has 0 saturated carbocycles. The number of nitriles is 1. The summed E-state index contributed by atoms with van der Waals surface area (Å²) in [4.78, 5) is 0. The monoisotopic (exact) mass is 314 g/mol. The number of rotatable bonds is 5. The fourth-order valence-corrected chi connectivity index (χ4v) is 3.69. The Morgan fingerprint density at radius 3 is 2.95 bits per heavy atom. The summed E-state index contributed by atoms with van der Waals surface area (Å²) < 4.78 is 6.68. The first-order chi connectivity index (χ1) is 9.21. The Kier molecular flexibility index (Phi) is 4.76. The Morgan fingerprint density at radius 2 is 2.32 bits per heavy atom. The van der Waals surface area contributed by atoms with Crippen molar-refractivity contribution in [2.45, 2.75) is 29.3 Å². The zero-order valence-electron chi connectivity index (χ0n) is 10.1. The zero-order valence-corrected chi connectivity index (χ0v) is 12.5. The fraction of sp³-hybridized carbons (Fsp3) is 0.400. The molecule has 6 nitrogen and oxygen atoms in total. The molecule has 0 aromatic carbocycles. The highest BCUT2D eigenvalue weighted by Gasteiger charge is 2.17. The van der Waals surface area contributed by atoms with Crippen molar-refractivity contribution >= 4 is 34.9 Å². The molecule has 2 N–H and O–H groups in total. The van der Waals surface area contributed by atoms with E-state index in [4.69, 9.17) is 22.6 Å². The van der Waals surface area contributed by atoms with E-state index < -0.39 is 0 Å². The van der Waals surface area contributed by atoms with Gasteiger partial charge in [0, 0.05) is 13.0 Å². The molecule has 0 fully saturated rings. The average molecular weight is 315 g/mol. The molecule has 2 aromatic rings. The lowest BCUT2D eigenvalue weighted by Gasteiger charge is -2.05. The van der Waals surface area contributed by atoms with Crippen LogP contribution in [0.1, 0.15) is 18.3 Å². The summed E-state index contributed by atoms with van der Waals surface area (Å²) in [5.41, 5.74) is 5.93. The number of nitrogens with zero attached hydrogens (tertiary/aromatic N) is 5. The van der Waals surface area contributed by atoms with Crippen LogP contribution >= 0.6 is 34.9 Å². The standard InChI is InChI=1S/C10H11ClN6S2/c1-2-17-7(3-4-12)14-15-10(17)18-9-6(5-13)8(11)16-19-9/h2-4,12H2,1H3. The Hall–Kier alpha value is -1.14. The van der Waals surface area contributed by atoms with E-state index in [1.807, 2.05) is 11.5 Å². The Labute approximate surface area is 123 Å². The minimum atomic E-state index is 0.236. The van der Waals surface area contributed by atoms with Gasteiger partial charge in [-0.2, -0.15) is 9.64 Å². The van der Waals surface area contributed by atoms with Crippen LogP contribution in [0.15, 0.2) is 9.37 Å². The molecule has 2 aromatic heterocycles. The van der Waals surface area contributed by atoms with Crippen molar-refractivity contribution in [1.82, 2.24) is 19.1 Å². The summed E-state index contributed by atoms with van der Waals surface area (Å²) in [6.07, 6.45) is 0.677.